The third-order valence-corrected chi connectivity index (χ3v) is 6.38. The molecule has 0 atom stereocenters. The van der Waals surface area contributed by atoms with Crippen LogP contribution in [0.2, 0.25) is 0 Å². The van der Waals surface area contributed by atoms with Crippen molar-refractivity contribution in [3.8, 4) is 11.3 Å². The first-order valence-corrected chi connectivity index (χ1v) is 11.5. The fourth-order valence-electron chi connectivity index (χ4n) is 4.35. The van der Waals surface area contributed by atoms with Gasteiger partial charge in [-0.3, -0.25) is 9.59 Å². The predicted octanol–water partition coefficient (Wildman–Crippen LogP) is 5.30. The first-order chi connectivity index (χ1) is 16.4. The van der Waals surface area contributed by atoms with Crippen LogP contribution in [-0.2, 0) is 14.3 Å². The van der Waals surface area contributed by atoms with E-state index in [0.29, 0.717) is 37.2 Å². The lowest BCUT2D eigenvalue weighted by Crippen LogP contribution is -2.30. The molecular weight excluding hydrogens is 428 g/mol. The normalized spacial score (nSPS) is 17.6. The minimum absolute atomic E-state index is 0.00935. The molecule has 3 aromatic rings. The topological polar surface area (TPSA) is 106 Å². The number of ether oxygens (including phenoxy) is 1. The number of nitrogens with zero attached hydrogens (tertiary/aromatic N) is 1. The van der Waals surface area contributed by atoms with Gasteiger partial charge in [-0.2, -0.15) is 0 Å². The Morgan fingerprint density at radius 2 is 1.68 bits per heavy atom. The van der Waals surface area contributed by atoms with Crippen LogP contribution in [0.25, 0.3) is 11.3 Å². The SMILES string of the molecule is COC(=O)C1CCC(C(=O)Nc2ccc(Nc3nc(-c4ccccc4)ccc3N)c(C)c2)CC1. The number of aromatic nitrogens is 1. The molecule has 1 fully saturated rings. The van der Waals surface area contributed by atoms with Gasteiger partial charge in [-0.15, -0.1) is 0 Å². The lowest BCUT2D eigenvalue weighted by Gasteiger charge is -2.26. The zero-order valence-electron chi connectivity index (χ0n) is 19.5. The first-order valence-electron chi connectivity index (χ1n) is 11.5. The maximum absolute atomic E-state index is 12.7. The number of hydrogen-bond donors (Lipinski definition) is 3. The van der Waals surface area contributed by atoms with Crippen molar-refractivity contribution in [1.82, 2.24) is 4.98 Å². The van der Waals surface area contributed by atoms with Crippen LogP contribution in [-0.4, -0.2) is 24.0 Å². The van der Waals surface area contributed by atoms with Crippen molar-refractivity contribution in [1.29, 1.82) is 0 Å². The number of hydrogen-bond acceptors (Lipinski definition) is 6. The summed E-state index contributed by atoms with van der Waals surface area (Å²) in [7, 11) is 1.41. The van der Waals surface area contributed by atoms with Crippen LogP contribution >= 0.6 is 0 Å². The highest BCUT2D eigenvalue weighted by Gasteiger charge is 2.30. The molecule has 2 aromatic carbocycles. The molecule has 4 N–H and O–H groups in total. The van der Waals surface area contributed by atoms with Gasteiger partial charge in [0.2, 0.25) is 5.91 Å². The molecule has 0 spiro atoms. The number of carbonyl (C=O) groups is 2. The first kappa shape index (κ1) is 23.3. The second-order valence-electron chi connectivity index (χ2n) is 8.72. The zero-order chi connectivity index (χ0) is 24.1. The second kappa shape index (κ2) is 10.4. The van der Waals surface area contributed by atoms with Crippen molar-refractivity contribution in [3.63, 3.8) is 0 Å². The number of nitrogens with two attached hydrogens (primary N) is 1. The maximum Gasteiger partial charge on any atom is 0.308 e. The minimum atomic E-state index is -0.179. The lowest BCUT2D eigenvalue weighted by atomic mass is 9.81. The van der Waals surface area contributed by atoms with Crippen LogP contribution in [0.15, 0.2) is 60.7 Å². The van der Waals surface area contributed by atoms with E-state index in [9.17, 15) is 9.59 Å². The molecule has 1 aromatic heterocycles. The van der Waals surface area contributed by atoms with Gasteiger partial charge in [0, 0.05) is 22.9 Å². The molecule has 1 heterocycles. The smallest absolute Gasteiger partial charge is 0.308 e. The quantitative estimate of drug-likeness (QED) is 0.433. The summed E-state index contributed by atoms with van der Waals surface area (Å²) in [6.07, 6.45) is 2.74. The summed E-state index contributed by atoms with van der Waals surface area (Å²) in [6.45, 7) is 1.97. The van der Waals surface area contributed by atoms with Crippen LogP contribution in [0.3, 0.4) is 0 Å². The highest BCUT2D eigenvalue weighted by molar-refractivity contribution is 5.93. The molecule has 0 radical (unpaired) electrons. The number of carbonyl (C=O) groups excluding carboxylic acids is 2. The van der Waals surface area contributed by atoms with E-state index < -0.39 is 0 Å². The average Bonchev–Trinajstić information content (AvgIpc) is 2.87. The van der Waals surface area contributed by atoms with Crippen molar-refractivity contribution < 1.29 is 14.3 Å². The number of anilines is 4. The van der Waals surface area contributed by atoms with Gasteiger partial charge in [0.15, 0.2) is 5.82 Å². The van der Waals surface area contributed by atoms with E-state index in [-0.39, 0.29) is 23.7 Å². The van der Waals surface area contributed by atoms with E-state index in [0.717, 1.165) is 28.2 Å². The Morgan fingerprint density at radius 1 is 0.971 bits per heavy atom. The Bertz CT molecular complexity index is 1170. The molecular formula is C27H30N4O3. The lowest BCUT2D eigenvalue weighted by molar-refractivity contribution is -0.147. The maximum atomic E-state index is 12.7. The number of rotatable bonds is 6. The van der Waals surface area contributed by atoms with Crippen molar-refractivity contribution in [2.45, 2.75) is 32.6 Å². The molecule has 0 unspecified atom stereocenters. The molecule has 34 heavy (non-hydrogen) atoms. The molecule has 4 rings (SSSR count). The van der Waals surface area contributed by atoms with Crippen molar-refractivity contribution in [2.24, 2.45) is 11.8 Å². The number of nitrogens with one attached hydrogen (secondary N) is 2. The largest absolute Gasteiger partial charge is 0.469 e. The summed E-state index contributed by atoms with van der Waals surface area (Å²) in [5, 5.41) is 6.34. The number of esters is 1. The van der Waals surface area contributed by atoms with Gasteiger partial charge in [-0.25, -0.2) is 4.98 Å². The number of nitrogen functional groups attached to an aromatic ring is 1. The minimum Gasteiger partial charge on any atom is -0.469 e. The van der Waals surface area contributed by atoms with Gasteiger partial charge in [0.05, 0.1) is 24.4 Å². The summed E-state index contributed by atoms with van der Waals surface area (Å²) in [6, 6.07) is 19.4. The summed E-state index contributed by atoms with van der Waals surface area (Å²) in [4.78, 5) is 29.2. The monoisotopic (exact) mass is 458 g/mol. The summed E-state index contributed by atoms with van der Waals surface area (Å²) < 4.78 is 4.83. The number of methoxy groups -OCH3 is 1. The van der Waals surface area contributed by atoms with Crippen LogP contribution < -0.4 is 16.4 Å². The summed E-state index contributed by atoms with van der Waals surface area (Å²) in [5.74, 6) is 0.210. The van der Waals surface area contributed by atoms with Gasteiger partial charge in [-0.05, 0) is 68.5 Å². The van der Waals surface area contributed by atoms with Crippen LogP contribution in [0.4, 0.5) is 22.9 Å². The molecule has 0 saturated heterocycles. The second-order valence-corrected chi connectivity index (χ2v) is 8.72. The molecule has 0 bridgehead atoms. The van der Waals surface area contributed by atoms with Gasteiger partial charge < -0.3 is 21.1 Å². The molecule has 7 heteroatoms. The van der Waals surface area contributed by atoms with Crippen molar-refractivity contribution >= 4 is 34.8 Å². The van der Waals surface area contributed by atoms with E-state index >= 15 is 0 Å². The van der Waals surface area contributed by atoms with Crippen molar-refractivity contribution in [3.05, 3.63) is 66.2 Å². The summed E-state index contributed by atoms with van der Waals surface area (Å²) >= 11 is 0. The van der Waals surface area contributed by atoms with Gasteiger partial charge in [0.1, 0.15) is 0 Å². The average molecular weight is 459 g/mol. The number of aryl methyl sites for hydroxylation is 1. The molecule has 0 aliphatic heterocycles. The standard InChI is InChI=1S/C27H30N4O3/c1-17-16-21(29-26(32)19-8-10-20(11-9-19)27(33)34-2)12-14-23(17)30-25-22(28)13-15-24(31-25)18-6-4-3-5-7-18/h3-7,12-16,19-20H,8-11,28H2,1-2H3,(H,29,32)(H,30,31). The number of benzene rings is 2. The number of amides is 1. The van der Waals surface area contributed by atoms with Crippen LogP contribution in [0.1, 0.15) is 31.2 Å². The molecule has 7 nitrogen and oxygen atoms in total. The molecule has 1 amide bonds. The predicted molar refractivity (Wildman–Crippen MR) is 135 cm³/mol. The summed E-state index contributed by atoms with van der Waals surface area (Å²) in [5.41, 5.74) is 11.1. The van der Waals surface area contributed by atoms with E-state index in [2.05, 4.69) is 10.6 Å². The Balaban J connectivity index is 1.41. The number of pyridine rings is 1. The van der Waals surface area contributed by atoms with Gasteiger partial charge >= 0.3 is 5.97 Å². The fraction of sp³-hybridized carbons (Fsp3) is 0.296. The Kier molecular flexibility index (Phi) is 7.11. The van der Waals surface area contributed by atoms with Crippen LogP contribution in [0, 0.1) is 18.8 Å². The van der Waals surface area contributed by atoms with E-state index in [1.807, 2.05) is 67.6 Å². The highest BCUT2D eigenvalue weighted by Crippen LogP contribution is 2.32. The van der Waals surface area contributed by atoms with Gasteiger partial charge in [0.25, 0.3) is 0 Å². The Morgan fingerprint density at radius 3 is 2.35 bits per heavy atom. The van der Waals surface area contributed by atoms with Crippen molar-refractivity contribution in [2.75, 3.05) is 23.5 Å². The van der Waals surface area contributed by atoms with Crippen LogP contribution in [0.5, 0.6) is 0 Å². The molecule has 1 aliphatic rings. The zero-order valence-corrected chi connectivity index (χ0v) is 19.5. The Hall–Kier alpha value is -3.87. The van der Waals surface area contributed by atoms with Gasteiger partial charge in [-0.1, -0.05) is 30.3 Å². The Labute approximate surface area is 199 Å². The van der Waals surface area contributed by atoms with E-state index in [1.165, 1.54) is 7.11 Å². The molecule has 1 aliphatic carbocycles. The molecule has 176 valence electrons. The van der Waals surface area contributed by atoms with E-state index in [1.54, 1.807) is 0 Å². The van der Waals surface area contributed by atoms with E-state index in [4.69, 9.17) is 15.5 Å². The fourth-order valence-corrected chi connectivity index (χ4v) is 4.35. The molecule has 1 saturated carbocycles. The third-order valence-electron chi connectivity index (χ3n) is 6.38. The third kappa shape index (κ3) is 5.36. The highest BCUT2D eigenvalue weighted by atomic mass is 16.5.